The van der Waals surface area contributed by atoms with Gasteiger partial charge >= 0.3 is 0 Å². The van der Waals surface area contributed by atoms with Gasteiger partial charge in [0.25, 0.3) is 0 Å². The quantitative estimate of drug-likeness (QED) is 0.418. The van der Waals surface area contributed by atoms with Crippen molar-refractivity contribution < 1.29 is 0 Å². The van der Waals surface area contributed by atoms with Crippen molar-refractivity contribution in [2.45, 2.75) is 32.7 Å². The predicted octanol–water partition coefficient (Wildman–Crippen LogP) is 4.18. The van der Waals surface area contributed by atoms with E-state index in [0.717, 1.165) is 25.1 Å². The third-order valence-electron chi connectivity index (χ3n) is 4.53. The number of nitrogens with two attached hydrogens (primary N) is 1. The first kappa shape index (κ1) is 19.6. The molecule has 3 N–H and O–H groups in total. The number of nitrogens with zero attached hydrogens (tertiary/aromatic N) is 2. The predicted molar refractivity (Wildman–Crippen MR) is 118 cm³/mol. The first-order valence-corrected chi connectivity index (χ1v) is 8.64. The molecule has 134 valence electrons. The van der Waals surface area contributed by atoms with Gasteiger partial charge in [-0.1, -0.05) is 31.2 Å². The standard InChI is InChI=1S/C20H26N4.HI/c1-3-15-6-4-8-18(13-15)23-20(21)22-14-16-9-10-19-17(12-16)7-5-11-24(19)2;/h4,6,8-10,12-13H,3,5,7,11,14H2,1-2H3,(H3,21,22,23);1H. The largest absolute Gasteiger partial charge is 0.374 e. The van der Waals surface area contributed by atoms with Crippen molar-refractivity contribution in [1.82, 2.24) is 0 Å². The van der Waals surface area contributed by atoms with Crippen LogP contribution in [-0.4, -0.2) is 19.6 Å². The molecule has 0 atom stereocenters. The number of nitrogens with one attached hydrogen (secondary N) is 1. The lowest BCUT2D eigenvalue weighted by Crippen LogP contribution is -2.24. The van der Waals surface area contributed by atoms with Crippen molar-refractivity contribution in [3.05, 3.63) is 59.2 Å². The summed E-state index contributed by atoms with van der Waals surface area (Å²) in [6, 6.07) is 14.9. The van der Waals surface area contributed by atoms with Crippen LogP contribution in [0.5, 0.6) is 0 Å². The van der Waals surface area contributed by atoms with Gasteiger partial charge in [0, 0.05) is 25.0 Å². The van der Waals surface area contributed by atoms with Crippen molar-refractivity contribution in [3.63, 3.8) is 0 Å². The molecule has 0 radical (unpaired) electrons. The van der Waals surface area contributed by atoms with Crippen molar-refractivity contribution in [2.24, 2.45) is 10.7 Å². The molecule has 0 saturated carbocycles. The molecule has 1 heterocycles. The van der Waals surface area contributed by atoms with Crippen LogP contribution in [0.25, 0.3) is 0 Å². The smallest absolute Gasteiger partial charge is 0.193 e. The van der Waals surface area contributed by atoms with Crippen LogP contribution in [0.1, 0.15) is 30.0 Å². The molecule has 4 nitrogen and oxygen atoms in total. The topological polar surface area (TPSA) is 53.6 Å². The van der Waals surface area contributed by atoms with E-state index in [4.69, 9.17) is 5.73 Å². The van der Waals surface area contributed by atoms with E-state index in [9.17, 15) is 0 Å². The Morgan fingerprint density at radius 1 is 1.20 bits per heavy atom. The number of aryl methyl sites for hydroxylation is 2. The number of hydrogen-bond acceptors (Lipinski definition) is 2. The Balaban J connectivity index is 0.00000225. The van der Waals surface area contributed by atoms with Gasteiger partial charge in [-0.25, -0.2) is 4.99 Å². The summed E-state index contributed by atoms with van der Waals surface area (Å²) in [7, 11) is 2.15. The number of rotatable bonds is 4. The maximum Gasteiger partial charge on any atom is 0.193 e. The van der Waals surface area contributed by atoms with Crippen molar-refractivity contribution >= 4 is 41.3 Å². The highest BCUT2D eigenvalue weighted by Gasteiger charge is 2.13. The van der Waals surface area contributed by atoms with Crippen molar-refractivity contribution in [3.8, 4) is 0 Å². The second-order valence-electron chi connectivity index (χ2n) is 6.37. The Kier molecular flexibility index (Phi) is 7.11. The molecule has 3 rings (SSSR count). The molecule has 2 aromatic carbocycles. The highest BCUT2D eigenvalue weighted by Crippen LogP contribution is 2.27. The number of halogens is 1. The molecule has 0 bridgehead atoms. The zero-order valence-corrected chi connectivity index (χ0v) is 17.3. The lowest BCUT2D eigenvalue weighted by molar-refractivity contribution is 0.743. The molecule has 0 aliphatic carbocycles. The second-order valence-corrected chi connectivity index (χ2v) is 6.37. The molecule has 0 aromatic heterocycles. The molecule has 0 amide bonds. The van der Waals surface area contributed by atoms with E-state index in [1.165, 1.54) is 28.8 Å². The van der Waals surface area contributed by atoms with Crippen molar-refractivity contribution in [1.29, 1.82) is 0 Å². The minimum absolute atomic E-state index is 0. The summed E-state index contributed by atoms with van der Waals surface area (Å²) in [5, 5.41) is 3.18. The molecule has 0 saturated heterocycles. The fourth-order valence-corrected chi connectivity index (χ4v) is 3.17. The fraction of sp³-hybridized carbons (Fsp3) is 0.350. The van der Waals surface area contributed by atoms with Crippen LogP contribution in [0.4, 0.5) is 11.4 Å². The monoisotopic (exact) mass is 450 g/mol. The summed E-state index contributed by atoms with van der Waals surface area (Å²) in [6.45, 7) is 3.88. The maximum atomic E-state index is 6.04. The van der Waals surface area contributed by atoms with E-state index >= 15 is 0 Å². The number of benzene rings is 2. The van der Waals surface area contributed by atoms with Crippen LogP contribution in [0.15, 0.2) is 47.5 Å². The summed E-state index contributed by atoms with van der Waals surface area (Å²) in [6.07, 6.45) is 3.37. The van der Waals surface area contributed by atoms with Gasteiger partial charge in [-0.15, -0.1) is 24.0 Å². The highest BCUT2D eigenvalue weighted by molar-refractivity contribution is 14.0. The Labute approximate surface area is 167 Å². The van der Waals surface area contributed by atoms with Crippen LogP contribution in [0.3, 0.4) is 0 Å². The fourth-order valence-electron chi connectivity index (χ4n) is 3.17. The number of hydrogen-bond donors (Lipinski definition) is 2. The minimum atomic E-state index is 0. The van der Waals surface area contributed by atoms with Crippen LogP contribution in [0.2, 0.25) is 0 Å². The van der Waals surface area contributed by atoms with Gasteiger partial charge in [0.15, 0.2) is 5.96 Å². The van der Waals surface area contributed by atoms with Gasteiger partial charge in [0.05, 0.1) is 6.54 Å². The summed E-state index contributed by atoms with van der Waals surface area (Å²) in [5.41, 5.74) is 12.3. The molecule has 0 unspecified atom stereocenters. The Morgan fingerprint density at radius 3 is 2.84 bits per heavy atom. The lowest BCUT2D eigenvalue weighted by atomic mass is 10.00. The second kappa shape index (κ2) is 9.08. The van der Waals surface area contributed by atoms with E-state index in [2.05, 4.69) is 59.5 Å². The minimum Gasteiger partial charge on any atom is -0.374 e. The van der Waals surface area contributed by atoms with Crippen molar-refractivity contribution in [2.75, 3.05) is 23.8 Å². The van der Waals surface area contributed by atoms with Gasteiger partial charge in [0.1, 0.15) is 0 Å². The zero-order valence-electron chi connectivity index (χ0n) is 15.0. The molecule has 5 heteroatoms. The van der Waals surface area contributed by atoms with E-state index in [1.54, 1.807) is 0 Å². The third-order valence-corrected chi connectivity index (χ3v) is 4.53. The van der Waals surface area contributed by atoms with Gasteiger partial charge in [-0.3, -0.25) is 0 Å². The van der Waals surface area contributed by atoms with Crippen LogP contribution >= 0.6 is 24.0 Å². The van der Waals surface area contributed by atoms with Crippen LogP contribution < -0.4 is 16.0 Å². The normalized spacial score (nSPS) is 13.8. The average Bonchev–Trinajstić information content (AvgIpc) is 2.60. The van der Waals surface area contributed by atoms with E-state index in [-0.39, 0.29) is 24.0 Å². The summed E-state index contributed by atoms with van der Waals surface area (Å²) in [5.74, 6) is 0.457. The van der Waals surface area contributed by atoms with Crippen LogP contribution in [0, 0.1) is 0 Å². The lowest BCUT2D eigenvalue weighted by Gasteiger charge is -2.27. The zero-order chi connectivity index (χ0) is 16.9. The number of guanidine groups is 1. The maximum absolute atomic E-state index is 6.04. The number of anilines is 2. The van der Waals surface area contributed by atoms with Gasteiger partial charge in [-0.2, -0.15) is 0 Å². The first-order valence-electron chi connectivity index (χ1n) is 8.64. The van der Waals surface area contributed by atoms with E-state index < -0.39 is 0 Å². The Bertz CT molecular complexity index is 742. The molecule has 1 aliphatic heterocycles. The Morgan fingerprint density at radius 2 is 2.04 bits per heavy atom. The van der Waals surface area contributed by atoms with E-state index in [1.807, 2.05) is 12.1 Å². The third kappa shape index (κ3) is 5.11. The van der Waals surface area contributed by atoms with E-state index in [0.29, 0.717) is 12.5 Å². The molecule has 2 aromatic rings. The number of fused-ring (bicyclic) bond motifs is 1. The van der Waals surface area contributed by atoms with Gasteiger partial charge in [0.2, 0.25) is 0 Å². The molecule has 25 heavy (non-hydrogen) atoms. The van der Waals surface area contributed by atoms with Crippen LogP contribution in [-0.2, 0) is 19.4 Å². The molecule has 0 spiro atoms. The molecular weight excluding hydrogens is 423 g/mol. The average molecular weight is 450 g/mol. The van der Waals surface area contributed by atoms with Gasteiger partial charge < -0.3 is 16.0 Å². The van der Waals surface area contributed by atoms with Gasteiger partial charge in [-0.05, 0) is 54.2 Å². The summed E-state index contributed by atoms with van der Waals surface area (Å²) >= 11 is 0. The first-order chi connectivity index (χ1) is 11.7. The SMILES string of the molecule is CCc1cccc(NC(N)=NCc2ccc3c(c2)CCCN3C)c1.I. The molecule has 1 aliphatic rings. The summed E-state index contributed by atoms with van der Waals surface area (Å²) < 4.78 is 0. The summed E-state index contributed by atoms with van der Waals surface area (Å²) in [4.78, 5) is 6.80. The molecular formula is C20H27IN4. The highest BCUT2D eigenvalue weighted by atomic mass is 127. The number of aliphatic imine (C=N–C) groups is 1. The molecule has 0 fully saturated rings. The Hall–Kier alpha value is -1.76.